The molecule has 4 nitrogen and oxygen atoms in total. The molecule has 0 unspecified atom stereocenters. The monoisotopic (exact) mass is 264 g/mol. The van der Waals surface area contributed by atoms with E-state index in [0.29, 0.717) is 21.9 Å². The molecule has 2 rings (SSSR count). The summed E-state index contributed by atoms with van der Waals surface area (Å²) in [5.74, 6) is 0.433. The lowest BCUT2D eigenvalue weighted by atomic mass is 10.2. The molecule has 0 aliphatic rings. The molecule has 0 fully saturated rings. The van der Waals surface area contributed by atoms with E-state index >= 15 is 0 Å². The minimum Gasteiger partial charge on any atom is -0.497 e. The van der Waals surface area contributed by atoms with Gasteiger partial charge < -0.3 is 14.6 Å². The molecular weight excluding hydrogens is 252 g/mol. The molecule has 0 atom stereocenters. The Bertz CT molecular complexity index is 547. The van der Waals surface area contributed by atoms with Gasteiger partial charge in [0, 0.05) is 11.6 Å². The summed E-state index contributed by atoms with van der Waals surface area (Å²) >= 11 is 1.20. The molecule has 1 heterocycles. The summed E-state index contributed by atoms with van der Waals surface area (Å²) in [6, 6.07) is 8.95. The highest BCUT2D eigenvalue weighted by atomic mass is 32.1. The molecule has 0 aliphatic carbocycles. The molecule has 0 aliphatic heterocycles. The number of carboxylic acid groups (broad SMARTS) is 1. The van der Waals surface area contributed by atoms with E-state index in [2.05, 4.69) is 0 Å². The third-order valence-electron chi connectivity index (χ3n) is 2.38. The fourth-order valence-electron chi connectivity index (χ4n) is 1.49. The quantitative estimate of drug-likeness (QED) is 0.901. The Balaban J connectivity index is 2.06. The molecule has 0 bridgehead atoms. The summed E-state index contributed by atoms with van der Waals surface area (Å²) < 4.78 is 10.6. The van der Waals surface area contributed by atoms with Crippen LogP contribution in [-0.4, -0.2) is 18.2 Å². The van der Waals surface area contributed by atoms with Gasteiger partial charge in [-0.1, -0.05) is 6.07 Å². The van der Waals surface area contributed by atoms with Crippen LogP contribution in [-0.2, 0) is 6.61 Å². The van der Waals surface area contributed by atoms with Crippen LogP contribution in [0.3, 0.4) is 0 Å². The first-order valence-electron chi connectivity index (χ1n) is 5.27. The average molecular weight is 264 g/mol. The zero-order chi connectivity index (χ0) is 13.0. The van der Waals surface area contributed by atoms with Gasteiger partial charge in [0.25, 0.3) is 0 Å². The van der Waals surface area contributed by atoms with Gasteiger partial charge in [0.05, 0.1) is 7.11 Å². The molecule has 0 amide bonds. The number of ether oxygens (including phenoxy) is 2. The zero-order valence-electron chi connectivity index (χ0n) is 9.75. The SMILES string of the molecule is COc1cccc(OCc2ccsc2C(=O)O)c1. The summed E-state index contributed by atoms with van der Waals surface area (Å²) in [4.78, 5) is 11.2. The Labute approximate surface area is 108 Å². The highest BCUT2D eigenvalue weighted by Gasteiger charge is 2.11. The number of thiophene rings is 1. The van der Waals surface area contributed by atoms with Crippen LogP contribution in [0.1, 0.15) is 15.2 Å². The molecule has 1 aromatic heterocycles. The second-order valence-corrected chi connectivity index (χ2v) is 4.46. The number of hydrogen-bond acceptors (Lipinski definition) is 4. The minimum absolute atomic E-state index is 0.234. The zero-order valence-corrected chi connectivity index (χ0v) is 10.6. The number of methoxy groups -OCH3 is 1. The number of carboxylic acids is 1. The summed E-state index contributed by atoms with van der Waals surface area (Å²) in [5, 5.41) is 10.7. The van der Waals surface area contributed by atoms with E-state index in [9.17, 15) is 4.79 Å². The van der Waals surface area contributed by atoms with E-state index in [1.165, 1.54) is 11.3 Å². The van der Waals surface area contributed by atoms with Crippen molar-refractivity contribution in [1.29, 1.82) is 0 Å². The Hall–Kier alpha value is -2.01. The Morgan fingerprint density at radius 2 is 2.11 bits per heavy atom. The molecule has 5 heteroatoms. The minimum atomic E-state index is -0.922. The van der Waals surface area contributed by atoms with Gasteiger partial charge in [-0.05, 0) is 23.6 Å². The van der Waals surface area contributed by atoms with Gasteiger partial charge in [-0.25, -0.2) is 4.79 Å². The predicted molar refractivity (Wildman–Crippen MR) is 68.6 cm³/mol. The van der Waals surface area contributed by atoms with Crippen molar-refractivity contribution in [3.63, 3.8) is 0 Å². The first-order valence-corrected chi connectivity index (χ1v) is 6.15. The van der Waals surface area contributed by atoms with E-state index < -0.39 is 5.97 Å². The lowest BCUT2D eigenvalue weighted by Crippen LogP contribution is -2.01. The maximum atomic E-state index is 10.9. The summed E-state index contributed by atoms with van der Waals surface area (Å²) in [6.07, 6.45) is 0. The van der Waals surface area contributed by atoms with Crippen molar-refractivity contribution in [3.05, 3.63) is 46.2 Å². The van der Waals surface area contributed by atoms with Crippen molar-refractivity contribution in [2.75, 3.05) is 7.11 Å². The van der Waals surface area contributed by atoms with E-state index in [4.69, 9.17) is 14.6 Å². The molecule has 1 N–H and O–H groups in total. The Kier molecular flexibility index (Phi) is 3.84. The highest BCUT2D eigenvalue weighted by Crippen LogP contribution is 2.22. The van der Waals surface area contributed by atoms with Gasteiger partial charge in [-0.2, -0.15) is 0 Å². The maximum absolute atomic E-state index is 10.9. The number of aromatic carboxylic acids is 1. The molecule has 0 radical (unpaired) electrons. The summed E-state index contributed by atoms with van der Waals surface area (Å²) in [5.41, 5.74) is 0.676. The first kappa shape index (κ1) is 12.4. The molecule has 0 saturated heterocycles. The number of rotatable bonds is 5. The van der Waals surface area contributed by atoms with E-state index in [1.807, 2.05) is 12.1 Å². The Morgan fingerprint density at radius 1 is 1.33 bits per heavy atom. The normalized spacial score (nSPS) is 10.1. The predicted octanol–water partition coefficient (Wildman–Crippen LogP) is 3.03. The van der Waals surface area contributed by atoms with Crippen LogP contribution in [0, 0.1) is 0 Å². The third kappa shape index (κ3) is 2.81. The van der Waals surface area contributed by atoms with E-state index in [0.717, 1.165) is 0 Å². The van der Waals surface area contributed by atoms with Gasteiger partial charge in [0.1, 0.15) is 23.0 Å². The standard InChI is InChI=1S/C13H12O4S/c1-16-10-3-2-4-11(7-10)17-8-9-5-6-18-12(9)13(14)15/h2-7H,8H2,1H3,(H,14,15). The fourth-order valence-corrected chi connectivity index (χ4v) is 2.24. The topological polar surface area (TPSA) is 55.8 Å². The number of benzene rings is 1. The molecule has 18 heavy (non-hydrogen) atoms. The summed E-state index contributed by atoms with van der Waals surface area (Å²) in [6.45, 7) is 0.234. The largest absolute Gasteiger partial charge is 0.497 e. The third-order valence-corrected chi connectivity index (χ3v) is 3.32. The van der Waals surface area contributed by atoms with E-state index in [-0.39, 0.29) is 6.61 Å². The highest BCUT2D eigenvalue weighted by molar-refractivity contribution is 7.12. The second kappa shape index (κ2) is 5.55. The Morgan fingerprint density at radius 3 is 2.83 bits per heavy atom. The maximum Gasteiger partial charge on any atom is 0.346 e. The molecule has 0 spiro atoms. The van der Waals surface area contributed by atoms with E-state index in [1.54, 1.807) is 30.7 Å². The van der Waals surface area contributed by atoms with Crippen molar-refractivity contribution >= 4 is 17.3 Å². The van der Waals surface area contributed by atoms with Crippen LogP contribution in [0.4, 0.5) is 0 Å². The summed E-state index contributed by atoms with van der Waals surface area (Å²) in [7, 11) is 1.58. The van der Waals surface area contributed by atoms with Crippen LogP contribution in [0.2, 0.25) is 0 Å². The average Bonchev–Trinajstić information content (AvgIpc) is 2.85. The van der Waals surface area contributed by atoms with Crippen LogP contribution in [0.15, 0.2) is 35.7 Å². The molecule has 2 aromatic rings. The van der Waals surface area contributed by atoms with Crippen LogP contribution in [0.5, 0.6) is 11.5 Å². The number of hydrogen-bond donors (Lipinski definition) is 1. The van der Waals surface area contributed by atoms with Gasteiger partial charge >= 0.3 is 5.97 Å². The van der Waals surface area contributed by atoms with Gasteiger partial charge in [0.15, 0.2) is 0 Å². The molecular formula is C13H12O4S. The first-order chi connectivity index (χ1) is 8.70. The molecule has 0 saturated carbocycles. The van der Waals surface area contributed by atoms with Crippen molar-refractivity contribution in [3.8, 4) is 11.5 Å². The van der Waals surface area contributed by atoms with Gasteiger partial charge in [0.2, 0.25) is 0 Å². The lowest BCUT2D eigenvalue weighted by Gasteiger charge is -2.07. The van der Waals surface area contributed by atoms with Gasteiger partial charge in [-0.3, -0.25) is 0 Å². The van der Waals surface area contributed by atoms with Crippen molar-refractivity contribution in [2.24, 2.45) is 0 Å². The fraction of sp³-hybridized carbons (Fsp3) is 0.154. The van der Waals surface area contributed by atoms with Gasteiger partial charge in [-0.15, -0.1) is 11.3 Å². The smallest absolute Gasteiger partial charge is 0.346 e. The molecule has 94 valence electrons. The second-order valence-electron chi connectivity index (χ2n) is 3.55. The van der Waals surface area contributed by atoms with Crippen LogP contribution < -0.4 is 9.47 Å². The van der Waals surface area contributed by atoms with Crippen molar-refractivity contribution in [1.82, 2.24) is 0 Å². The number of carbonyl (C=O) groups is 1. The molecule has 1 aromatic carbocycles. The van der Waals surface area contributed by atoms with Crippen LogP contribution in [0.25, 0.3) is 0 Å². The van der Waals surface area contributed by atoms with Crippen molar-refractivity contribution < 1.29 is 19.4 Å². The van der Waals surface area contributed by atoms with Crippen LogP contribution >= 0.6 is 11.3 Å². The lowest BCUT2D eigenvalue weighted by molar-refractivity contribution is 0.0699. The van der Waals surface area contributed by atoms with Crippen molar-refractivity contribution in [2.45, 2.75) is 6.61 Å².